The summed E-state index contributed by atoms with van der Waals surface area (Å²) >= 11 is 6.40. The van der Waals surface area contributed by atoms with E-state index in [4.69, 9.17) is 21.1 Å². The van der Waals surface area contributed by atoms with Crippen LogP contribution in [0.5, 0.6) is 11.5 Å². The lowest BCUT2D eigenvalue weighted by Gasteiger charge is -2.35. The van der Waals surface area contributed by atoms with Crippen molar-refractivity contribution in [2.75, 3.05) is 39.9 Å². The average molecular weight is 381 g/mol. The molecule has 3 rings (SSSR count). The van der Waals surface area contributed by atoms with Crippen LogP contribution >= 0.6 is 11.6 Å². The Morgan fingerprint density at radius 2 is 1.92 bits per heavy atom. The van der Waals surface area contributed by atoms with Gasteiger partial charge in [0.05, 0.1) is 18.7 Å². The van der Waals surface area contributed by atoms with Gasteiger partial charge in [-0.25, -0.2) is 0 Å². The molecule has 0 radical (unpaired) electrons. The third kappa shape index (κ3) is 4.63. The van der Waals surface area contributed by atoms with Gasteiger partial charge < -0.3 is 14.4 Å². The number of methoxy groups -OCH3 is 1. The summed E-state index contributed by atoms with van der Waals surface area (Å²) < 4.78 is 11.2. The number of ether oxygens (including phenoxy) is 2. The Hall–Kier alpha value is -1.46. The van der Waals surface area contributed by atoms with Gasteiger partial charge in [-0.2, -0.15) is 0 Å². The number of piperazine rings is 1. The highest BCUT2D eigenvalue weighted by atomic mass is 35.5. The molecule has 1 aromatic carbocycles. The van der Waals surface area contributed by atoms with Crippen molar-refractivity contribution in [2.24, 2.45) is 5.92 Å². The fourth-order valence-corrected chi connectivity index (χ4v) is 3.56. The normalized spacial score (nSPS) is 18.3. The second-order valence-electron chi connectivity index (χ2n) is 7.58. The number of benzene rings is 1. The molecule has 0 spiro atoms. The highest BCUT2D eigenvalue weighted by Gasteiger charge is 2.32. The number of halogens is 1. The van der Waals surface area contributed by atoms with E-state index in [1.54, 1.807) is 19.2 Å². The summed E-state index contributed by atoms with van der Waals surface area (Å²) in [6.45, 7) is 8.31. The van der Waals surface area contributed by atoms with Crippen LogP contribution in [-0.2, 0) is 0 Å². The van der Waals surface area contributed by atoms with Gasteiger partial charge in [0.15, 0.2) is 11.5 Å². The maximum absolute atomic E-state index is 12.9. The van der Waals surface area contributed by atoms with Gasteiger partial charge in [-0.05, 0) is 37.3 Å². The number of hydrogen-bond donors (Lipinski definition) is 0. The van der Waals surface area contributed by atoms with Gasteiger partial charge in [0, 0.05) is 37.8 Å². The predicted molar refractivity (Wildman–Crippen MR) is 103 cm³/mol. The van der Waals surface area contributed by atoms with Gasteiger partial charge >= 0.3 is 0 Å². The van der Waals surface area contributed by atoms with Crippen molar-refractivity contribution in [2.45, 2.75) is 39.2 Å². The first kappa shape index (κ1) is 19.3. The summed E-state index contributed by atoms with van der Waals surface area (Å²) in [6.07, 6.45) is 3.55. The van der Waals surface area contributed by atoms with Crippen molar-refractivity contribution in [1.29, 1.82) is 0 Å². The Kier molecular flexibility index (Phi) is 6.30. The molecule has 2 fully saturated rings. The molecule has 144 valence electrons. The molecule has 1 heterocycles. The molecule has 1 aromatic rings. The van der Waals surface area contributed by atoms with Crippen molar-refractivity contribution in [3.8, 4) is 11.5 Å². The molecule has 1 aliphatic carbocycles. The van der Waals surface area contributed by atoms with E-state index < -0.39 is 0 Å². The fourth-order valence-electron chi connectivity index (χ4n) is 3.29. The van der Waals surface area contributed by atoms with Gasteiger partial charge in [-0.3, -0.25) is 9.69 Å². The first-order valence-electron chi connectivity index (χ1n) is 9.53. The Morgan fingerprint density at radius 3 is 2.50 bits per heavy atom. The molecule has 0 aromatic heterocycles. The Bertz CT molecular complexity index is 638. The number of nitrogens with zero attached hydrogens (tertiary/aromatic N) is 2. The van der Waals surface area contributed by atoms with Crippen LogP contribution in [0.2, 0.25) is 5.02 Å². The number of carbonyl (C=O) groups excluding carboxylic acids is 1. The van der Waals surface area contributed by atoms with E-state index in [1.807, 2.05) is 4.90 Å². The molecule has 1 aliphatic heterocycles. The van der Waals surface area contributed by atoms with E-state index in [2.05, 4.69) is 18.7 Å². The molecule has 1 saturated carbocycles. The van der Waals surface area contributed by atoms with E-state index in [0.29, 0.717) is 34.6 Å². The van der Waals surface area contributed by atoms with Crippen LogP contribution in [0.1, 0.15) is 43.5 Å². The smallest absolute Gasteiger partial charge is 0.254 e. The summed E-state index contributed by atoms with van der Waals surface area (Å²) in [6, 6.07) is 4.19. The summed E-state index contributed by atoms with van der Waals surface area (Å²) in [7, 11) is 1.57. The predicted octanol–water partition coefficient (Wildman–Crippen LogP) is 3.69. The summed E-state index contributed by atoms with van der Waals surface area (Å²) in [4.78, 5) is 17.3. The van der Waals surface area contributed by atoms with Crippen LogP contribution in [-0.4, -0.2) is 61.6 Å². The van der Waals surface area contributed by atoms with Crippen LogP contribution < -0.4 is 9.47 Å². The molecule has 5 nitrogen and oxygen atoms in total. The maximum atomic E-state index is 12.9. The highest BCUT2D eigenvalue weighted by Crippen LogP contribution is 2.37. The summed E-state index contributed by atoms with van der Waals surface area (Å²) in [5.41, 5.74) is 0.558. The zero-order valence-corrected chi connectivity index (χ0v) is 16.7. The van der Waals surface area contributed by atoms with E-state index in [0.717, 1.165) is 38.6 Å². The van der Waals surface area contributed by atoms with E-state index >= 15 is 0 Å². The topological polar surface area (TPSA) is 42.0 Å². The second kappa shape index (κ2) is 8.49. The minimum absolute atomic E-state index is 0.00868. The van der Waals surface area contributed by atoms with Crippen LogP contribution in [0.25, 0.3) is 0 Å². The molecule has 0 N–H and O–H groups in total. The van der Waals surface area contributed by atoms with Gasteiger partial charge in [0.25, 0.3) is 5.91 Å². The van der Waals surface area contributed by atoms with Gasteiger partial charge in [-0.15, -0.1) is 0 Å². The molecule has 1 amide bonds. The lowest BCUT2D eigenvalue weighted by Crippen LogP contribution is -2.49. The minimum Gasteiger partial charge on any atom is -0.493 e. The number of rotatable bonds is 7. The standard InChI is InChI=1S/C20H29ClN2O3/c1-14(2)6-11-26-19-17(21)12-15(13-18(19)25-3)20(24)23-9-7-22(8-10-23)16-4-5-16/h12-14,16H,4-11H2,1-3H3. The Morgan fingerprint density at radius 1 is 1.23 bits per heavy atom. The third-order valence-corrected chi connectivity index (χ3v) is 5.36. The SMILES string of the molecule is COc1cc(C(=O)N2CCN(C3CC3)CC2)cc(Cl)c1OCCC(C)C. The molecular weight excluding hydrogens is 352 g/mol. The van der Waals surface area contributed by atoms with Crippen molar-refractivity contribution >= 4 is 17.5 Å². The Balaban J connectivity index is 1.67. The number of amides is 1. The number of carbonyl (C=O) groups is 1. The van der Waals surface area contributed by atoms with E-state index in [1.165, 1.54) is 12.8 Å². The quantitative estimate of drug-likeness (QED) is 0.723. The zero-order chi connectivity index (χ0) is 18.7. The number of hydrogen-bond acceptors (Lipinski definition) is 4. The van der Waals surface area contributed by atoms with Crippen LogP contribution in [0.3, 0.4) is 0 Å². The molecule has 0 unspecified atom stereocenters. The third-order valence-electron chi connectivity index (χ3n) is 5.08. The van der Waals surface area contributed by atoms with Crippen molar-refractivity contribution in [3.63, 3.8) is 0 Å². The lowest BCUT2D eigenvalue weighted by atomic mass is 10.1. The van der Waals surface area contributed by atoms with Crippen LogP contribution in [0.15, 0.2) is 12.1 Å². The zero-order valence-electron chi connectivity index (χ0n) is 16.0. The molecule has 0 bridgehead atoms. The Labute approximate surface area is 161 Å². The minimum atomic E-state index is 0.00868. The van der Waals surface area contributed by atoms with Crippen molar-refractivity contribution in [3.05, 3.63) is 22.7 Å². The molecule has 6 heteroatoms. The lowest BCUT2D eigenvalue weighted by molar-refractivity contribution is 0.0627. The van der Waals surface area contributed by atoms with Crippen molar-refractivity contribution < 1.29 is 14.3 Å². The molecule has 0 atom stereocenters. The molecular formula is C20H29ClN2O3. The van der Waals surface area contributed by atoms with Gasteiger partial charge in [0.1, 0.15) is 0 Å². The summed E-state index contributed by atoms with van der Waals surface area (Å²) in [5.74, 6) is 1.59. The van der Waals surface area contributed by atoms with Crippen LogP contribution in [0, 0.1) is 5.92 Å². The van der Waals surface area contributed by atoms with Gasteiger partial charge in [-0.1, -0.05) is 25.4 Å². The van der Waals surface area contributed by atoms with Gasteiger partial charge in [0.2, 0.25) is 0 Å². The molecule has 2 aliphatic rings. The highest BCUT2D eigenvalue weighted by molar-refractivity contribution is 6.32. The largest absolute Gasteiger partial charge is 0.493 e. The average Bonchev–Trinajstić information content (AvgIpc) is 3.47. The van der Waals surface area contributed by atoms with E-state index in [9.17, 15) is 4.79 Å². The first-order chi connectivity index (χ1) is 12.5. The van der Waals surface area contributed by atoms with E-state index in [-0.39, 0.29) is 5.91 Å². The monoisotopic (exact) mass is 380 g/mol. The van der Waals surface area contributed by atoms with Crippen LogP contribution in [0.4, 0.5) is 0 Å². The van der Waals surface area contributed by atoms with Crippen molar-refractivity contribution in [1.82, 2.24) is 9.80 Å². The molecule has 1 saturated heterocycles. The molecule has 26 heavy (non-hydrogen) atoms. The fraction of sp³-hybridized carbons (Fsp3) is 0.650. The summed E-state index contributed by atoms with van der Waals surface area (Å²) in [5, 5.41) is 0.424. The second-order valence-corrected chi connectivity index (χ2v) is 7.99. The maximum Gasteiger partial charge on any atom is 0.254 e. The first-order valence-corrected chi connectivity index (χ1v) is 9.91.